The third-order valence-electron chi connectivity index (χ3n) is 5.90. The van der Waals surface area contributed by atoms with E-state index >= 15 is 0 Å². The molecule has 0 fully saturated rings. The van der Waals surface area contributed by atoms with Crippen LogP contribution in [0.1, 0.15) is 115 Å². The van der Waals surface area contributed by atoms with Gasteiger partial charge in [-0.15, -0.1) is 0 Å². The van der Waals surface area contributed by atoms with Crippen molar-refractivity contribution < 1.29 is 4.42 Å². The van der Waals surface area contributed by atoms with E-state index in [1.807, 2.05) is 19.1 Å². The van der Waals surface area contributed by atoms with E-state index in [0.29, 0.717) is 11.3 Å². The molecule has 0 atom stereocenters. The maximum absolute atomic E-state index is 12.1. The van der Waals surface area contributed by atoms with E-state index in [2.05, 4.69) is 11.9 Å². The molecule has 0 aliphatic carbocycles. The zero-order valence-corrected chi connectivity index (χ0v) is 18.8. The van der Waals surface area contributed by atoms with Crippen LogP contribution in [-0.4, -0.2) is 4.98 Å². The Morgan fingerprint density at radius 2 is 1.28 bits per heavy atom. The van der Waals surface area contributed by atoms with Gasteiger partial charge in [0, 0.05) is 6.42 Å². The molecule has 0 radical (unpaired) electrons. The molecule has 162 valence electrons. The Bertz CT molecular complexity index is 750. The Hall–Kier alpha value is -1.64. The summed E-state index contributed by atoms with van der Waals surface area (Å²) in [6.07, 6.45) is 21.1. The van der Waals surface area contributed by atoms with Crippen LogP contribution in [0.3, 0.4) is 0 Å². The Balaban J connectivity index is 1.47. The summed E-state index contributed by atoms with van der Waals surface area (Å²) in [6.45, 7) is 4.27. The smallest absolute Gasteiger partial charge is 0.346 e. The van der Waals surface area contributed by atoms with E-state index in [-0.39, 0.29) is 5.63 Å². The number of hydrogen-bond donors (Lipinski definition) is 0. The number of para-hydroxylation sites is 1. The van der Waals surface area contributed by atoms with Crippen molar-refractivity contribution in [2.45, 2.75) is 117 Å². The molecule has 0 saturated carbocycles. The fourth-order valence-electron chi connectivity index (χ4n) is 4.04. The minimum Gasteiger partial charge on any atom is -0.408 e. The fourth-order valence-corrected chi connectivity index (χ4v) is 4.04. The van der Waals surface area contributed by atoms with Gasteiger partial charge in [-0.2, -0.15) is 0 Å². The van der Waals surface area contributed by atoms with Crippen LogP contribution in [0.5, 0.6) is 0 Å². The molecule has 1 aromatic carbocycles. The second kappa shape index (κ2) is 14.4. The van der Waals surface area contributed by atoms with Crippen LogP contribution in [0, 0.1) is 6.92 Å². The maximum atomic E-state index is 12.1. The molecule has 2 rings (SSSR count). The summed E-state index contributed by atoms with van der Waals surface area (Å²) >= 11 is 0. The van der Waals surface area contributed by atoms with Gasteiger partial charge in [0.1, 0.15) is 0 Å². The quantitative estimate of drug-likeness (QED) is 0.269. The van der Waals surface area contributed by atoms with Gasteiger partial charge >= 0.3 is 5.63 Å². The van der Waals surface area contributed by atoms with Gasteiger partial charge in [0.15, 0.2) is 5.89 Å². The first-order valence-corrected chi connectivity index (χ1v) is 12.1. The first-order chi connectivity index (χ1) is 14.2. The van der Waals surface area contributed by atoms with Crippen molar-refractivity contribution in [1.29, 1.82) is 0 Å². The summed E-state index contributed by atoms with van der Waals surface area (Å²) in [6, 6.07) is 5.66. The van der Waals surface area contributed by atoms with Crippen LogP contribution in [-0.2, 0) is 6.42 Å². The van der Waals surface area contributed by atoms with Gasteiger partial charge in [-0.25, -0.2) is 9.78 Å². The first kappa shape index (κ1) is 23.6. The number of unbranched alkanes of at least 4 members (excludes halogenated alkanes) is 14. The van der Waals surface area contributed by atoms with Gasteiger partial charge in [0.2, 0.25) is 0 Å². The zero-order valence-electron chi connectivity index (χ0n) is 18.8. The number of nitrogens with zero attached hydrogens (tertiary/aromatic N) is 1. The maximum Gasteiger partial charge on any atom is 0.346 e. The standard InChI is InChI=1S/C26H41NO2/c1-3-4-5-6-7-8-9-10-11-12-13-14-15-16-17-21-24-27-25-22(2)19-18-20-23(25)26(28)29-24/h18-20H,3-17,21H2,1-2H3. The highest BCUT2D eigenvalue weighted by Crippen LogP contribution is 2.16. The Morgan fingerprint density at radius 1 is 0.759 bits per heavy atom. The minimum atomic E-state index is -0.255. The third-order valence-corrected chi connectivity index (χ3v) is 5.90. The van der Waals surface area contributed by atoms with Gasteiger partial charge in [0.05, 0.1) is 10.9 Å². The zero-order chi connectivity index (χ0) is 20.7. The second-order valence-electron chi connectivity index (χ2n) is 8.57. The predicted octanol–water partition coefficient (Wildman–Crippen LogP) is 7.91. The van der Waals surface area contributed by atoms with Crippen molar-refractivity contribution in [2.24, 2.45) is 0 Å². The highest BCUT2D eigenvalue weighted by atomic mass is 16.4. The number of rotatable bonds is 16. The summed E-state index contributed by atoms with van der Waals surface area (Å²) in [5, 5.41) is 0.588. The summed E-state index contributed by atoms with van der Waals surface area (Å²) < 4.78 is 5.40. The van der Waals surface area contributed by atoms with Crippen molar-refractivity contribution in [3.8, 4) is 0 Å². The van der Waals surface area contributed by atoms with E-state index in [4.69, 9.17) is 4.42 Å². The number of aryl methyl sites for hydroxylation is 2. The highest BCUT2D eigenvalue weighted by Gasteiger charge is 2.07. The Labute approximate surface area is 177 Å². The van der Waals surface area contributed by atoms with Gasteiger partial charge in [-0.3, -0.25) is 0 Å². The monoisotopic (exact) mass is 399 g/mol. The largest absolute Gasteiger partial charge is 0.408 e. The second-order valence-corrected chi connectivity index (χ2v) is 8.57. The third kappa shape index (κ3) is 9.14. The van der Waals surface area contributed by atoms with E-state index in [1.165, 1.54) is 89.9 Å². The van der Waals surface area contributed by atoms with Crippen LogP contribution < -0.4 is 5.63 Å². The van der Waals surface area contributed by atoms with Crippen molar-refractivity contribution in [3.63, 3.8) is 0 Å². The van der Waals surface area contributed by atoms with Crippen LogP contribution in [0.15, 0.2) is 27.4 Å². The highest BCUT2D eigenvalue weighted by molar-refractivity contribution is 5.80. The van der Waals surface area contributed by atoms with Crippen molar-refractivity contribution in [2.75, 3.05) is 0 Å². The van der Waals surface area contributed by atoms with E-state index in [1.54, 1.807) is 6.07 Å². The molecule has 3 heteroatoms. The fraction of sp³-hybridized carbons (Fsp3) is 0.692. The van der Waals surface area contributed by atoms with Crippen molar-refractivity contribution >= 4 is 10.9 Å². The van der Waals surface area contributed by atoms with Gasteiger partial charge in [0.25, 0.3) is 0 Å². The lowest BCUT2D eigenvalue weighted by Crippen LogP contribution is -2.06. The molecular weight excluding hydrogens is 358 g/mol. The Morgan fingerprint density at radius 3 is 1.83 bits per heavy atom. The summed E-state index contributed by atoms with van der Waals surface area (Å²) in [4.78, 5) is 16.7. The summed E-state index contributed by atoms with van der Waals surface area (Å²) in [5.41, 5.74) is 1.57. The lowest BCUT2D eigenvalue weighted by Gasteiger charge is -2.04. The topological polar surface area (TPSA) is 43.1 Å². The molecule has 0 unspecified atom stereocenters. The molecule has 0 N–H and O–H groups in total. The van der Waals surface area contributed by atoms with Crippen molar-refractivity contribution in [3.05, 3.63) is 40.1 Å². The SMILES string of the molecule is CCCCCCCCCCCCCCCCCc1nc2c(C)cccc2c(=O)o1. The molecule has 0 spiro atoms. The van der Waals surface area contributed by atoms with Gasteiger partial charge in [-0.1, -0.05) is 109 Å². The normalized spacial score (nSPS) is 11.4. The van der Waals surface area contributed by atoms with E-state index in [9.17, 15) is 4.79 Å². The lowest BCUT2D eigenvalue weighted by atomic mass is 10.0. The van der Waals surface area contributed by atoms with Crippen LogP contribution in [0.2, 0.25) is 0 Å². The summed E-state index contributed by atoms with van der Waals surface area (Å²) in [7, 11) is 0. The molecule has 3 nitrogen and oxygen atoms in total. The molecule has 0 aliphatic rings. The summed E-state index contributed by atoms with van der Waals surface area (Å²) in [5.74, 6) is 0.589. The number of fused-ring (bicyclic) bond motifs is 1. The van der Waals surface area contributed by atoms with Gasteiger partial charge in [-0.05, 0) is 25.0 Å². The minimum absolute atomic E-state index is 0.255. The molecular formula is C26H41NO2. The molecule has 1 heterocycles. The van der Waals surface area contributed by atoms with Crippen LogP contribution in [0.4, 0.5) is 0 Å². The van der Waals surface area contributed by atoms with Crippen LogP contribution >= 0.6 is 0 Å². The molecule has 2 aromatic rings. The number of aromatic nitrogens is 1. The molecule has 1 aromatic heterocycles. The van der Waals surface area contributed by atoms with E-state index < -0.39 is 0 Å². The molecule has 0 saturated heterocycles. The first-order valence-electron chi connectivity index (χ1n) is 12.1. The molecule has 0 bridgehead atoms. The average molecular weight is 400 g/mol. The van der Waals surface area contributed by atoms with E-state index in [0.717, 1.165) is 23.9 Å². The van der Waals surface area contributed by atoms with Crippen molar-refractivity contribution in [1.82, 2.24) is 4.98 Å². The lowest BCUT2D eigenvalue weighted by molar-refractivity contribution is 0.433. The average Bonchev–Trinajstić information content (AvgIpc) is 2.72. The predicted molar refractivity (Wildman–Crippen MR) is 124 cm³/mol. The van der Waals surface area contributed by atoms with Gasteiger partial charge < -0.3 is 4.42 Å². The molecule has 0 aliphatic heterocycles. The molecule has 29 heavy (non-hydrogen) atoms. The number of hydrogen-bond acceptors (Lipinski definition) is 3. The van der Waals surface area contributed by atoms with Crippen LogP contribution in [0.25, 0.3) is 10.9 Å². The Kier molecular flexibility index (Phi) is 11.7. The molecule has 0 amide bonds. The number of benzene rings is 1.